The summed E-state index contributed by atoms with van der Waals surface area (Å²) in [5.41, 5.74) is 1.91. The van der Waals surface area contributed by atoms with Gasteiger partial charge in [0.15, 0.2) is 0 Å². The number of likely N-dealkylation sites (tertiary alicyclic amines) is 1. The molecule has 1 atom stereocenters. The molecule has 0 unspecified atom stereocenters. The van der Waals surface area contributed by atoms with Crippen molar-refractivity contribution in [1.82, 2.24) is 35.3 Å². The Balaban J connectivity index is 1.43. The molecule has 230 valence electrons. The van der Waals surface area contributed by atoms with Crippen LogP contribution in [0.15, 0.2) is 78.9 Å². The first-order valence-corrected chi connectivity index (χ1v) is 15.1. The molecule has 5 rings (SSSR count). The monoisotopic (exact) mass is 617 g/mol. The smallest absolute Gasteiger partial charge is 0.247 e. The van der Waals surface area contributed by atoms with Gasteiger partial charge in [-0.25, -0.2) is 4.39 Å². The van der Waals surface area contributed by atoms with E-state index in [1.54, 1.807) is 41.3 Å². The molecule has 0 spiro atoms. The van der Waals surface area contributed by atoms with E-state index < -0.39 is 17.4 Å². The Labute approximate surface area is 262 Å². The molecule has 1 aliphatic heterocycles. The number of aromatic nitrogens is 4. The van der Waals surface area contributed by atoms with Crippen LogP contribution in [0, 0.1) is 5.82 Å². The van der Waals surface area contributed by atoms with E-state index in [1.807, 2.05) is 39.0 Å². The second-order valence-electron chi connectivity index (χ2n) is 12.1. The summed E-state index contributed by atoms with van der Waals surface area (Å²) in [4.78, 5) is 33.4. The molecular weight excluding hydrogens is 581 g/mol. The van der Waals surface area contributed by atoms with Gasteiger partial charge in [0.2, 0.25) is 17.6 Å². The molecule has 11 heteroatoms. The SMILES string of the molecule is CC(C)(C)NC(=O)[C@@H](c1ccc(F)cc1)N(C(=O)Cn1nnc(-c2ccc(Cl)cc2)n1)C1CCN(Cc2ccccc2)CC1. The van der Waals surface area contributed by atoms with Gasteiger partial charge in [0.05, 0.1) is 0 Å². The zero-order valence-corrected chi connectivity index (χ0v) is 25.9. The maximum atomic E-state index is 14.2. The predicted octanol–water partition coefficient (Wildman–Crippen LogP) is 5.28. The van der Waals surface area contributed by atoms with E-state index in [4.69, 9.17) is 11.6 Å². The molecule has 0 bridgehead atoms. The number of hydrogen-bond acceptors (Lipinski definition) is 6. The van der Waals surface area contributed by atoms with Crippen molar-refractivity contribution in [2.24, 2.45) is 0 Å². The van der Waals surface area contributed by atoms with Crippen LogP contribution in [0.5, 0.6) is 0 Å². The molecule has 0 radical (unpaired) electrons. The standard InChI is InChI=1S/C33H37ClFN7O2/c1-33(2,3)36-32(44)30(24-11-15-27(35)16-12-24)42(28-17-19-40(20-18-28)21-23-7-5-4-6-8-23)29(43)22-41-38-31(37-39-41)25-9-13-26(34)14-10-25/h4-16,28,30H,17-22H2,1-3H3,(H,36,44)/t30-/m1/s1. The van der Waals surface area contributed by atoms with Gasteiger partial charge in [0.1, 0.15) is 18.4 Å². The molecular formula is C33H37ClFN7O2. The van der Waals surface area contributed by atoms with Crippen LogP contribution in [0.2, 0.25) is 5.02 Å². The highest BCUT2D eigenvalue weighted by Gasteiger charge is 2.39. The number of carbonyl (C=O) groups is 2. The van der Waals surface area contributed by atoms with Gasteiger partial charge >= 0.3 is 0 Å². The van der Waals surface area contributed by atoms with Crippen LogP contribution in [0.25, 0.3) is 11.4 Å². The van der Waals surface area contributed by atoms with E-state index >= 15 is 0 Å². The van der Waals surface area contributed by atoms with E-state index in [1.165, 1.54) is 22.5 Å². The van der Waals surface area contributed by atoms with Crippen LogP contribution in [-0.4, -0.2) is 66.5 Å². The van der Waals surface area contributed by atoms with Crippen LogP contribution < -0.4 is 5.32 Å². The lowest BCUT2D eigenvalue weighted by Gasteiger charge is -2.42. The Kier molecular flexibility index (Phi) is 9.71. The largest absolute Gasteiger partial charge is 0.349 e. The summed E-state index contributed by atoms with van der Waals surface area (Å²) >= 11 is 6.02. The highest BCUT2D eigenvalue weighted by Crippen LogP contribution is 2.30. The number of nitrogens with zero attached hydrogens (tertiary/aromatic N) is 6. The van der Waals surface area contributed by atoms with Crippen LogP contribution in [0.1, 0.15) is 50.8 Å². The molecule has 2 heterocycles. The number of tetrazole rings is 1. The van der Waals surface area contributed by atoms with Crippen molar-refractivity contribution >= 4 is 23.4 Å². The summed E-state index contributed by atoms with van der Waals surface area (Å²) in [5, 5.41) is 16.3. The minimum absolute atomic E-state index is 0.217. The third-order valence-electron chi connectivity index (χ3n) is 7.53. The Bertz CT molecular complexity index is 1550. The lowest BCUT2D eigenvalue weighted by atomic mass is 9.95. The molecule has 1 fully saturated rings. The third kappa shape index (κ3) is 8.06. The van der Waals surface area contributed by atoms with E-state index in [0.29, 0.717) is 34.8 Å². The number of benzene rings is 3. The Morgan fingerprint density at radius 2 is 1.66 bits per heavy atom. The number of carbonyl (C=O) groups excluding carboxylic acids is 2. The first-order chi connectivity index (χ1) is 21.1. The highest BCUT2D eigenvalue weighted by atomic mass is 35.5. The summed E-state index contributed by atoms with van der Waals surface area (Å²) in [6, 6.07) is 21.8. The average molecular weight is 618 g/mol. The van der Waals surface area contributed by atoms with E-state index in [0.717, 1.165) is 19.6 Å². The third-order valence-corrected chi connectivity index (χ3v) is 7.78. The van der Waals surface area contributed by atoms with E-state index in [-0.39, 0.29) is 24.4 Å². The molecule has 44 heavy (non-hydrogen) atoms. The quantitative estimate of drug-likeness (QED) is 0.275. The Morgan fingerprint density at radius 1 is 1.00 bits per heavy atom. The van der Waals surface area contributed by atoms with Gasteiger partial charge < -0.3 is 10.2 Å². The lowest BCUT2D eigenvalue weighted by Crippen LogP contribution is -2.55. The number of rotatable bonds is 9. The first kappa shape index (κ1) is 31.3. The van der Waals surface area contributed by atoms with Gasteiger partial charge in [-0.15, -0.1) is 10.2 Å². The number of amides is 2. The van der Waals surface area contributed by atoms with Crippen molar-refractivity contribution in [2.75, 3.05) is 13.1 Å². The zero-order valence-electron chi connectivity index (χ0n) is 25.2. The Hall–Kier alpha value is -4.15. The Morgan fingerprint density at radius 3 is 2.30 bits per heavy atom. The molecule has 0 aliphatic carbocycles. The normalized spacial score (nSPS) is 15.1. The van der Waals surface area contributed by atoms with Gasteiger partial charge in [-0.2, -0.15) is 4.80 Å². The van der Waals surface area contributed by atoms with Gasteiger partial charge in [0, 0.05) is 41.8 Å². The summed E-state index contributed by atoms with van der Waals surface area (Å²) < 4.78 is 14.0. The molecule has 2 amide bonds. The number of nitrogens with one attached hydrogen (secondary N) is 1. The van der Waals surface area contributed by atoms with Gasteiger partial charge in [-0.05, 0) is 86.4 Å². The molecule has 9 nitrogen and oxygen atoms in total. The summed E-state index contributed by atoms with van der Waals surface area (Å²) in [7, 11) is 0. The fraction of sp³-hybridized carbons (Fsp3) is 0.364. The van der Waals surface area contributed by atoms with Crippen molar-refractivity contribution in [1.29, 1.82) is 0 Å². The minimum Gasteiger partial charge on any atom is -0.349 e. The lowest BCUT2D eigenvalue weighted by molar-refractivity contribution is -0.146. The first-order valence-electron chi connectivity index (χ1n) is 14.7. The van der Waals surface area contributed by atoms with Crippen molar-refractivity contribution in [3.8, 4) is 11.4 Å². The van der Waals surface area contributed by atoms with Gasteiger partial charge in [-0.1, -0.05) is 54.1 Å². The number of halogens is 2. The molecule has 1 saturated heterocycles. The van der Waals surface area contributed by atoms with Crippen LogP contribution in [0.3, 0.4) is 0 Å². The molecule has 4 aromatic rings. The van der Waals surface area contributed by atoms with E-state index in [2.05, 4.69) is 37.8 Å². The van der Waals surface area contributed by atoms with E-state index in [9.17, 15) is 14.0 Å². The van der Waals surface area contributed by atoms with Gasteiger partial charge in [-0.3, -0.25) is 14.5 Å². The molecule has 3 aromatic carbocycles. The van der Waals surface area contributed by atoms with Gasteiger partial charge in [0.25, 0.3) is 0 Å². The molecule has 1 N–H and O–H groups in total. The minimum atomic E-state index is -0.979. The second kappa shape index (κ2) is 13.7. The molecule has 1 aromatic heterocycles. The summed E-state index contributed by atoms with van der Waals surface area (Å²) in [5.74, 6) is -0.726. The molecule has 0 saturated carbocycles. The fourth-order valence-electron chi connectivity index (χ4n) is 5.50. The summed E-state index contributed by atoms with van der Waals surface area (Å²) in [6.07, 6.45) is 1.33. The average Bonchev–Trinajstić information content (AvgIpc) is 3.45. The zero-order chi connectivity index (χ0) is 31.3. The number of hydrogen-bond donors (Lipinski definition) is 1. The maximum absolute atomic E-state index is 14.2. The summed E-state index contributed by atoms with van der Waals surface area (Å²) in [6.45, 7) is 7.76. The van der Waals surface area contributed by atoms with Crippen molar-refractivity contribution in [2.45, 2.75) is 64.3 Å². The highest BCUT2D eigenvalue weighted by molar-refractivity contribution is 6.30. The predicted molar refractivity (Wildman–Crippen MR) is 167 cm³/mol. The second-order valence-corrected chi connectivity index (χ2v) is 12.6. The van der Waals surface area contributed by atoms with Crippen LogP contribution in [-0.2, 0) is 22.7 Å². The maximum Gasteiger partial charge on any atom is 0.247 e. The van der Waals surface area contributed by atoms with Crippen molar-refractivity contribution in [3.05, 3.63) is 101 Å². The van der Waals surface area contributed by atoms with Crippen molar-refractivity contribution < 1.29 is 14.0 Å². The fourth-order valence-corrected chi connectivity index (χ4v) is 5.63. The molecule has 1 aliphatic rings. The van der Waals surface area contributed by atoms with Crippen LogP contribution in [0.4, 0.5) is 4.39 Å². The topological polar surface area (TPSA) is 96.2 Å². The van der Waals surface area contributed by atoms with Crippen molar-refractivity contribution in [3.63, 3.8) is 0 Å². The van der Waals surface area contributed by atoms with Crippen LogP contribution >= 0.6 is 11.6 Å². The number of piperidine rings is 1.